The van der Waals surface area contributed by atoms with Crippen molar-refractivity contribution in [2.45, 2.75) is 46.8 Å². The molecule has 0 unspecified atom stereocenters. The van der Waals surface area contributed by atoms with Gasteiger partial charge in [0.25, 0.3) is 0 Å². The van der Waals surface area contributed by atoms with E-state index in [0.717, 1.165) is 21.7 Å². The van der Waals surface area contributed by atoms with Gasteiger partial charge in [0.1, 0.15) is 4.83 Å². The van der Waals surface area contributed by atoms with Crippen molar-refractivity contribution < 1.29 is 19.8 Å². The first-order valence-electron chi connectivity index (χ1n) is 10.6. The summed E-state index contributed by atoms with van der Waals surface area (Å²) in [5.74, 6) is -0.819. The summed E-state index contributed by atoms with van der Waals surface area (Å²) in [5.41, 5.74) is 4.55. The number of thiazole rings is 1. The average molecular weight is 454 g/mol. The third-order valence-corrected chi connectivity index (χ3v) is 7.48. The lowest BCUT2D eigenvalue weighted by Gasteiger charge is -2.46. The molecule has 2 aliphatic rings. The highest BCUT2D eigenvalue weighted by atomic mass is 32.1. The Kier molecular flexibility index (Phi) is 5.68. The molecule has 0 spiro atoms. The van der Waals surface area contributed by atoms with Gasteiger partial charge in [-0.3, -0.25) is 9.20 Å². The molecule has 1 aromatic carbocycles. The number of carbonyl (C=O) groups is 2. The number of amides is 1. The lowest BCUT2D eigenvalue weighted by atomic mass is 9.77. The molecular formula is C24H27N3O4S. The van der Waals surface area contributed by atoms with Gasteiger partial charge in [-0.25, -0.2) is 9.78 Å². The predicted octanol–water partition coefficient (Wildman–Crippen LogP) is 3.99. The molecule has 0 bridgehead atoms. The highest BCUT2D eigenvalue weighted by molar-refractivity contribution is 7.18. The third kappa shape index (κ3) is 3.53. The molecule has 8 heteroatoms. The summed E-state index contributed by atoms with van der Waals surface area (Å²) < 4.78 is 2.01. The monoisotopic (exact) mass is 453 g/mol. The van der Waals surface area contributed by atoms with Crippen LogP contribution in [0.25, 0.3) is 10.4 Å². The number of hydrogen-bond acceptors (Lipinski definition) is 5. The molecule has 0 saturated carbocycles. The van der Waals surface area contributed by atoms with E-state index in [-0.39, 0.29) is 23.8 Å². The molecule has 168 valence electrons. The Morgan fingerprint density at radius 3 is 2.56 bits per heavy atom. The maximum absolute atomic E-state index is 12.3. The van der Waals surface area contributed by atoms with E-state index in [2.05, 4.69) is 18.1 Å². The lowest BCUT2D eigenvalue weighted by molar-refractivity contribution is -0.159. The highest BCUT2D eigenvalue weighted by Gasteiger charge is 2.57. The Morgan fingerprint density at radius 2 is 1.97 bits per heavy atom. The number of aliphatic hydroxyl groups is 1. The highest BCUT2D eigenvalue weighted by Crippen LogP contribution is 2.51. The number of aromatic carboxylic acids is 1. The van der Waals surface area contributed by atoms with Gasteiger partial charge in [-0.15, -0.1) is 11.3 Å². The summed E-state index contributed by atoms with van der Waals surface area (Å²) in [6, 6.07) is 5.40. The Labute approximate surface area is 190 Å². The van der Waals surface area contributed by atoms with Crippen LogP contribution in [0.2, 0.25) is 0 Å². The number of β-lactam (4-membered cyclic amide) rings is 1. The first-order valence-corrected chi connectivity index (χ1v) is 11.4. The van der Waals surface area contributed by atoms with Gasteiger partial charge in [0.05, 0.1) is 41.0 Å². The zero-order valence-electron chi connectivity index (χ0n) is 18.7. The summed E-state index contributed by atoms with van der Waals surface area (Å²) >= 11 is 1.69. The van der Waals surface area contributed by atoms with Crippen molar-refractivity contribution in [2.75, 3.05) is 0 Å². The van der Waals surface area contributed by atoms with Gasteiger partial charge in [-0.1, -0.05) is 24.6 Å². The zero-order valence-corrected chi connectivity index (χ0v) is 19.6. The number of aryl methyl sites for hydroxylation is 2. The molecule has 4 atom stereocenters. The van der Waals surface area contributed by atoms with Gasteiger partial charge < -0.3 is 15.1 Å². The van der Waals surface area contributed by atoms with Gasteiger partial charge in [0.15, 0.2) is 0 Å². The molecule has 2 aromatic heterocycles. The number of rotatable bonds is 3. The fourth-order valence-electron chi connectivity index (χ4n) is 4.89. The van der Waals surface area contributed by atoms with Crippen LogP contribution in [0.5, 0.6) is 0 Å². The Bertz CT molecular complexity index is 1210. The van der Waals surface area contributed by atoms with Crippen LogP contribution in [0.4, 0.5) is 0 Å². The summed E-state index contributed by atoms with van der Waals surface area (Å²) in [6.45, 7) is 9.61. The first kappa shape index (κ1) is 22.2. The second kappa shape index (κ2) is 8.18. The number of allylic oxidation sites excluding steroid dienone is 1. The number of benzene rings is 1. The number of aromatic nitrogens is 2. The zero-order chi connectivity index (χ0) is 23.3. The summed E-state index contributed by atoms with van der Waals surface area (Å²) in [5, 5.41) is 18.5. The number of hydrogen-bond donors (Lipinski definition) is 2. The van der Waals surface area contributed by atoms with Crippen molar-refractivity contribution >= 4 is 33.6 Å². The molecule has 0 aliphatic carbocycles. The second-order valence-corrected chi connectivity index (χ2v) is 9.67. The normalized spacial score (nSPS) is 23.0. The van der Waals surface area contributed by atoms with Crippen LogP contribution in [0.3, 0.4) is 0 Å². The fraction of sp³-hybridized carbons (Fsp3) is 0.375. The number of carboxylic acids is 1. The van der Waals surface area contributed by atoms with E-state index in [4.69, 9.17) is 5.11 Å². The Balaban J connectivity index is 0.000000189. The maximum Gasteiger partial charge on any atom is 0.335 e. The molecule has 5 rings (SSSR count). The van der Waals surface area contributed by atoms with E-state index in [1.807, 2.05) is 35.4 Å². The molecular weight excluding hydrogens is 426 g/mol. The molecule has 32 heavy (non-hydrogen) atoms. The van der Waals surface area contributed by atoms with E-state index < -0.39 is 12.1 Å². The topological polar surface area (TPSA) is 95.1 Å². The van der Waals surface area contributed by atoms with Crippen LogP contribution < -0.4 is 0 Å². The summed E-state index contributed by atoms with van der Waals surface area (Å²) in [6.07, 6.45) is 5.14. The number of fused-ring (bicyclic) bond motifs is 2. The largest absolute Gasteiger partial charge is 0.478 e. The number of carbonyl (C=O) groups excluding carboxylic acids is 1. The van der Waals surface area contributed by atoms with Crippen LogP contribution in [0, 0.1) is 25.7 Å². The average Bonchev–Trinajstić information content (AvgIpc) is 3.32. The van der Waals surface area contributed by atoms with Crippen molar-refractivity contribution in [2.24, 2.45) is 11.8 Å². The maximum atomic E-state index is 12.3. The predicted molar refractivity (Wildman–Crippen MR) is 124 cm³/mol. The van der Waals surface area contributed by atoms with Gasteiger partial charge in [0.2, 0.25) is 5.91 Å². The number of carboxylic acid groups (broad SMARTS) is 1. The first-order chi connectivity index (χ1) is 15.1. The summed E-state index contributed by atoms with van der Waals surface area (Å²) in [7, 11) is 0. The molecule has 1 saturated heterocycles. The van der Waals surface area contributed by atoms with E-state index in [0.29, 0.717) is 5.56 Å². The van der Waals surface area contributed by atoms with Crippen LogP contribution in [-0.4, -0.2) is 48.5 Å². The molecule has 7 nitrogen and oxygen atoms in total. The van der Waals surface area contributed by atoms with Crippen molar-refractivity contribution in [1.82, 2.24) is 14.3 Å². The number of imidazole rings is 1. The smallest absolute Gasteiger partial charge is 0.335 e. The Hall–Kier alpha value is -2.97. The van der Waals surface area contributed by atoms with Gasteiger partial charge in [0, 0.05) is 17.8 Å². The van der Waals surface area contributed by atoms with Crippen LogP contribution in [0.15, 0.2) is 42.6 Å². The van der Waals surface area contributed by atoms with Gasteiger partial charge in [-0.2, -0.15) is 0 Å². The number of nitrogens with zero attached hydrogens (tertiary/aromatic N) is 3. The van der Waals surface area contributed by atoms with Crippen molar-refractivity contribution in [3.8, 4) is 0 Å². The molecule has 3 aromatic rings. The van der Waals surface area contributed by atoms with E-state index in [1.165, 1.54) is 10.5 Å². The molecule has 1 amide bonds. The minimum atomic E-state index is -0.859. The number of aliphatic hydroxyl groups excluding tert-OH is 1. The fourth-order valence-corrected chi connectivity index (χ4v) is 6.05. The van der Waals surface area contributed by atoms with E-state index in [9.17, 15) is 14.7 Å². The van der Waals surface area contributed by atoms with Crippen LogP contribution >= 0.6 is 11.3 Å². The molecule has 4 heterocycles. The van der Waals surface area contributed by atoms with Gasteiger partial charge >= 0.3 is 5.97 Å². The lowest BCUT2D eigenvalue weighted by Crippen LogP contribution is -2.62. The quantitative estimate of drug-likeness (QED) is 0.585. The minimum Gasteiger partial charge on any atom is -0.478 e. The van der Waals surface area contributed by atoms with Crippen molar-refractivity contribution in [3.63, 3.8) is 0 Å². The standard InChI is InChI=1S/C15H17N3O2S.C9H10O2/c1-7-12(10-5-17-6-16-4-11(17)21-10)8(2)18-14(7)13(9(3)19)15(18)20;1-6-3-4-8(9(10)11)7(2)5-6/h4-7,9,13-14,19H,1-3H3;3-5H,1-2H3,(H,10,11)/t7-,9+,13+,14+;/m0./s1. The van der Waals surface area contributed by atoms with Crippen LogP contribution in [-0.2, 0) is 4.79 Å². The minimum absolute atomic E-state index is 0.0548. The van der Waals surface area contributed by atoms with E-state index >= 15 is 0 Å². The van der Waals surface area contributed by atoms with Crippen LogP contribution in [0.1, 0.15) is 47.1 Å². The molecule has 2 N–H and O–H groups in total. The molecule has 2 aliphatic heterocycles. The van der Waals surface area contributed by atoms with E-state index in [1.54, 1.807) is 43.6 Å². The third-order valence-electron chi connectivity index (χ3n) is 6.41. The van der Waals surface area contributed by atoms with Gasteiger partial charge in [-0.05, 0) is 44.9 Å². The summed E-state index contributed by atoms with van der Waals surface area (Å²) in [4.78, 5) is 31.1. The molecule has 0 radical (unpaired) electrons. The Morgan fingerprint density at radius 1 is 1.25 bits per heavy atom. The second-order valence-electron chi connectivity index (χ2n) is 8.61. The SMILES string of the molecule is CC1=C(c2cn3cncc3s2)[C@H](C)[C@@H]2[C@@H]([C@@H](C)O)C(=O)N12.Cc1ccc(C(=O)O)c(C)c1. The molecule has 1 fully saturated rings. The van der Waals surface area contributed by atoms with Crippen molar-refractivity contribution in [1.29, 1.82) is 0 Å². The van der Waals surface area contributed by atoms with Crippen molar-refractivity contribution in [3.05, 3.63) is 64.2 Å².